The molecule has 0 spiro atoms. The van der Waals surface area contributed by atoms with Crippen LogP contribution in [0.5, 0.6) is 23.3 Å². The molecule has 0 fully saturated rings. The van der Waals surface area contributed by atoms with Crippen LogP contribution in [0.15, 0.2) is 67.2 Å². The summed E-state index contributed by atoms with van der Waals surface area (Å²) in [5.41, 5.74) is 1.31. The Morgan fingerprint density at radius 3 is 2.36 bits per heavy atom. The summed E-state index contributed by atoms with van der Waals surface area (Å²) in [6.07, 6.45) is 4.49. The second kappa shape index (κ2) is 8.68. The van der Waals surface area contributed by atoms with Crippen molar-refractivity contribution in [3.05, 3.63) is 78.3 Å². The molecular weight excluding hydrogens is 360 g/mol. The average molecular weight is 378 g/mol. The zero-order valence-corrected chi connectivity index (χ0v) is 15.3. The lowest BCUT2D eigenvalue weighted by Crippen LogP contribution is -2.02. The van der Waals surface area contributed by atoms with E-state index in [2.05, 4.69) is 9.97 Å². The number of nitrogens with zero attached hydrogens (tertiary/aromatic N) is 2. The summed E-state index contributed by atoms with van der Waals surface area (Å²) >= 11 is 0. The molecule has 0 radical (unpaired) electrons. The Labute approximate surface area is 161 Å². The first-order valence-electron chi connectivity index (χ1n) is 8.37. The molecule has 1 N–H and O–H groups in total. The van der Waals surface area contributed by atoms with E-state index >= 15 is 0 Å². The fourth-order valence-electron chi connectivity index (χ4n) is 2.39. The number of aliphatic carboxylic acids is 1. The van der Waals surface area contributed by atoms with Crippen molar-refractivity contribution in [2.24, 2.45) is 0 Å². The number of hydrogen-bond acceptors (Lipinski definition) is 6. The number of methoxy groups -OCH3 is 1. The third-order valence-electron chi connectivity index (χ3n) is 3.64. The number of rotatable bonds is 7. The van der Waals surface area contributed by atoms with E-state index in [1.807, 2.05) is 6.92 Å². The molecule has 0 aliphatic heterocycles. The number of ether oxygens (including phenoxy) is 3. The van der Waals surface area contributed by atoms with Crippen LogP contribution < -0.4 is 9.47 Å². The molecule has 3 aromatic rings. The minimum Gasteiger partial charge on any atom is -0.503 e. The van der Waals surface area contributed by atoms with Crippen molar-refractivity contribution in [1.29, 1.82) is 0 Å². The van der Waals surface area contributed by atoms with Crippen LogP contribution in [0.3, 0.4) is 0 Å². The molecule has 7 nitrogen and oxygen atoms in total. The number of hydrogen-bond donors (Lipinski definition) is 1. The van der Waals surface area contributed by atoms with Gasteiger partial charge in [0.1, 0.15) is 22.8 Å². The van der Waals surface area contributed by atoms with Gasteiger partial charge in [-0.15, -0.1) is 0 Å². The molecule has 0 unspecified atom stereocenters. The molecule has 3 rings (SSSR count). The molecule has 1 aromatic heterocycles. The largest absolute Gasteiger partial charge is 0.503 e. The minimum absolute atomic E-state index is 0.0152. The van der Waals surface area contributed by atoms with E-state index in [4.69, 9.17) is 14.2 Å². The Kier molecular flexibility index (Phi) is 5.86. The van der Waals surface area contributed by atoms with Crippen molar-refractivity contribution in [3.8, 4) is 23.3 Å². The van der Waals surface area contributed by atoms with Crippen LogP contribution in [0.4, 0.5) is 0 Å². The number of aromatic nitrogens is 2. The van der Waals surface area contributed by atoms with E-state index in [-0.39, 0.29) is 11.6 Å². The first-order chi connectivity index (χ1) is 13.6. The van der Waals surface area contributed by atoms with Crippen LogP contribution in [0, 0.1) is 6.92 Å². The normalized spacial score (nSPS) is 11.0. The van der Waals surface area contributed by atoms with Crippen molar-refractivity contribution < 1.29 is 24.1 Å². The van der Waals surface area contributed by atoms with Gasteiger partial charge in [0.25, 0.3) is 0 Å². The van der Waals surface area contributed by atoms with Gasteiger partial charge in [0, 0.05) is 24.0 Å². The molecule has 0 atom stereocenters. The summed E-state index contributed by atoms with van der Waals surface area (Å²) in [7, 11) is 1.39. The molecule has 0 saturated carbocycles. The Morgan fingerprint density at radius 1 is 1.00 bits per heavy atom. The highest BCUT2D eigenvalue weighted by molar-refractivity contribution is 6.15. The number of benzene rings is 2. The maximum atomic E-state index is 11.5. The van der Waals surface area contributed by atoms with Crippen LogP contribution in [0.2, 0.25) is 0 Å². The van der Waals surface area contributed by atoms with Gasteiger partial charge < -0.3 is 19.3 Å². The van der Waals surface area contributed by atoms with Crippen LogP contribution in [0.1, 0.15) is 11.1 Å². The van der Waals surface area contributed by atoms with E-state index < -0.39 is 5.97 Å². The Bertz CT molecular complexity index is 1000. The summed E-state index contributed by atoms with van der Waals surface area (Å²) < 4.78 is 16.4. The number of carboxylic acid groups (broad SMARTS) is 1. The summed E-state index contributed by atoms with van der Waals surface area (Å²) in [6.45, 7) is 1.89. The zero-order chi connectivity index (χ0) is 19.9. The number of carbonyl (C=O) groups is 1. The molecule has 0 amide bonds. The van der Waals surface area contributed by atoms with Gasteiger partial charge in [-0.2, -0.15) is 0 Å². The van der Waals surface area contributed by atoms with E-state index in [9.17, 15) is 9.90 Å². The fraction of sp³-hybridized carbons (Fsp3) is 0.0952. The molecule has 142 valence electrons. The molecule has 0 bridgehead atoms. The van der Waals surface area contributed by atoms with Gasteiger partial charge in [-0.1, -0.05) is 24.3 Å². The van der Waals surface area contributed by atoms with Crippen LogP contribution >= 0.6 is 0 Å². The summed E-state index contributed by atoms with van der Waals surface area (Å²) in [5.74, 6) is 0.215. The van der Waals surface area contributed by atoms with E-state index in [1.54, 1.807) is 60.9 Å². The van der Waals surface area contributed by atoms with E-state index in [0.717, 1.165) is 5.56 Å². The lowest BCUT2D eigenvalue weighted by Gasteiger charge is -2.12. The van der Waals surface area contributed by atoms with Gasteiger partial charge in [-0.25, -0.2) is 14.8 Å². The first kappa shape index (κ1) is 18.9. The van der Waals surface area contributed by atoms with Crippen molar-refractivity contribution in [3.63, 3.8) is 0 Å². The van der Waals surface area contributed by atoms with Crippen LogP contribution in [-0.4, -0.2) is 28.2 Å². The third kappa shape index (κ3) is 4.64. The second-order valence-corrected chi connectivity index (χ2v) is 5.79. The summed E-state index contributed by atoms with van der Waals surface area (Å²) in [6, 6.07) is 13.9. The number of carboxylic acids is 1. The monoisotopic (exact) mass is 378 g/mol. The lowest BCUT2D eigenvalue weighted by molar-refractivity contribution is -0.130. The number of para-hydroxylation sites is 1. The molecule has 0 saturated heterocycles. The predicted molar refractivity (Wildman–Crippen MR) is 102 cm³/mol. The van der Waals surface area contributed by atoms with Crippen molar-refractivity contribution in [2.45, 2.75) is 6.92 Å². The van der Waals surface area contributed by atoms with Gasteiger partial charge in [0.15, 0.2) is 0 Å². The molecule has 7 heteroatoms. The topological polar surface area (TPSA) is 90.8 Å². The fourth-order valence-corrected chi connectivity index (χ4v) is 2.39. The minimum atomic E-state index is -1.12. The Balaban J connectivity index is 1.86. The average Bonchev–Trinajstić information content (AvgIpc) is 2.69. The summed E-state index contributed by atoms with van der Waals surface area (Å²) in [5, 5.41) is 9.44. The van der Waals surface area contributed by atoms with Gasteiger partial charge in [-0.3, -0.25) is 0 Å². The molecule has 0 aliphatic rings. The van der Waals surface area contributed by atoms with E-state index in [1.165, 1.54) is 13.4 Å². The van der Waals surface area contributed by atoms with Gasteiger partial charge in [0.05, 0.1) is 13.4 Å². The first-order valence-corrected chi connectivity index (χ1v) is 8.37. The second-order valence-electron chi connectivity index (χ2n) is 5.79. The van der Waals surface area contributed by atoms with Crippen molar-refractivity contribution in [2.75, 3.05) is 7.11 Å². The maximum absolute atomic E-state index is 11.5. The van der Waals surface area contributed by atoms with Crippen molar-refractivity contribution >= 4 is 11.5 Å². The van der Waals surface area contributed by atoms with Gasteiger partial charge >= 0.3 is 12.0 Å². The number of aryl methyl sites for hydroxylation is 1. The lowest BCUT2D eigenvalue weighted by atomic mass is 10.1. The SMILES string of the molecule is CO/C=C(/C(=O)O)c1ccccc1Oc1cccc(Oc2ncc(C)cn2)c1. The highest BCUT2D eigenvalue weighted by atomic mass is 16.5. The van der Waals surface area contributed by atoms with Crippen LogP contribution in [-0.2, 0) is 9.53 Å². The van der Waals surface area contributed by atoms with Gasteiger partial charge in [0.2, 0.25) is 0 Å². The quantitative estimate of drug-likeness (QED) is 0.480. The molecule has 1 heterocycles. The summed E-state index contributed by atoms with van der Waals surface area (Å²) in [4.78, 5) is 19.7. The van der Waals surface area contributed by atoms with Gasteiger partial charge in [-0.05, 0) is 30.7 Å². The maximum Gasteiger partial charge on any atom is 0.339 e. The molecule has 2 aromatic carbocycles. The smallest absolute Gasteiger partial charge is 0.339 e. The standard InChI is InChI=1S/C21H18N2O5/c1-14-11-22-21(23-12-14)28-16-7-5-6-15(10-16)27-19-9-4-3-8-17(19)18(13-26-2)20(24)25/h3-13H,1-2H3,(H,24,25)/b18-13+. The molecule has 0 aliphatic carbocycles. The highest BCUT2D eigenvalue weighted by Gasteiger charge is 2.16. The third-order valence-corrected chi connectivity index (χ3v) is 3.64. The molecule has 28 heavy (non-hydrogen) atoms. The Morgan fingerprint density at radius 2 is 1.68 bits per heavy atom. The highest BCUT2D eigenvalue weighted by Crippen LogP contribution is 2.32. The molecular formula is C21H18N2O5. The van der Waals surface area contributed by atoms with E-state index in [0.29, 0.717) is 22.8 Å². The zero-order valence-electron chi connectivity index (χ0n) is 15.3. The van der Waals surface area contributed by atoms with Crippen LogP contribution in [0.25, 0.3) is 5.57 Å². The predicted octanol–water partition coefficient (Wildman–Crippen LogP) is 4.44. The Hall–Kier alpha value is -3.87. The van der Waals surface area contributed by atoms with Crippen molar-refractivity contribution in [1.82, 2.24) is 9.97 Å².